The molecule has 0 bridgehead atoms. The van der Waals surface area contributed by atoms with Crippen LogP contribution >= 0.6 is 24.8 Å². The minimum absolute atomic E-state index is 0. The van der Waals surface area contributed by atoms with E-state index in [0.29, 0.717) is 11.7 Å². The first-order chi connectivity index (χ1) is 9.79. The number of rotatable bonds is 9. The van der Waals surface area contributed by atoms with Gasteiger partial charge in [-0.3, -0.25) is 4.79 Å². The number of Topliss-reactive ketones (excluding diaryl/α,β-unsaturated/α-hetero) is 1. The summed E-state index contributed by atoms with van der Waals surface area (Å²) in [6.45, 7) is 9.25. The zero-order chi connectivity index (χ0) is 14.2. The number of carbonyl (C=O) groups is 1. The highest BCUT2D eigenvalue weighted by atomic mass is 35.5. The van der Waals surface area contributed by atoms with E-state index in [1.807, 2.05) is 0 Å². The Morgan fingerprint density at radius 3 is 2.00 bits per heavy atom. The quantitative estimate of drug-likeness (QED) is 0.589. The molecule has 0 amide bonds. The molecule has 132 valence electrons. The van der Waals surface area contributed by atoms with Crippen molar-refractivity contribution < 1.29 is 4.79 Å². The maximum atomic E-state index is 11.9. The van der Waals surface area contributed by atoms with Crippen molar-refractivity contribution in [2.75, 3.05) is 39.3 Å². The van der Waals surface area contributed by atoms with E-state index in [1.54, 1.807) is 0 Å². The van der Waals surface area contributed by atoms with E-state index < -0.39 is 0 Å². The average Bonchev–Trinajstić information content (AvgIpc) is 2.41. The predicted molar refractivity (Wildman–Crippen MR) is 98.5 cm³/mol. The first-order valence-electron chi connectivity index (χ1n) is 8.77. The molecule has 1 aliphatic carbocycles. The average molecular weight is 353 g/mol. The number of nitrogens with zero attached hydrogens (tertiary/aromatic N) is 2. The Hall–Kier alpha value is 0.170. The van der Waals surface area contributed by atoms with Gasteiger partial charge in [0.25, 0.3) is 0 Å². The summed E-state index contributed by atoms with van der Waals surface area (Å²) < 4.78 is 0. The Morgan fingerprint density at radius 2 is 1.50 bits per heavy atom. The van der Waals surface area contributed by atoms with Crippen molar-refractivity contribution in [1.82, 2.24) is 9.80 Å². The Kier molecular flexibility index (Phi) is 12.7. The van der Waals surface area contributed by atoms with Crippen LogP contribution in [0.2, 0.25) is 0 Å². The number of unbranched alkanes of at least 4 members (excludes halogenated alkanes) is 3. The molecule has 2 fully saturated rings. The van der Waals surface area contributed by atoms with Crippen LogP contribution in [0.4, 0.5) is 0 Å². The van der Waals surface area contributed by atoms with Gasteiger partial charge in [-0.1, -0.05) is 32.6 Å². The number of hydrogen-bond acceptors (Lipinski definition) is 3. The van der Waals surface area contributed by atoms with Gasteiger partial charge in [0.1, 0.15) is 5.78 Å². The molecule has 3 nitrogen and oxygen atoms in total. The summed E-state index contributed by atoms with van der Waals surface area (Å²) in [6, 6.07) is 0. The first kappa shape index (κ1) is 22.2. The van der Waals surface area contributed by atoms with Crippen LogP contribution in [0.1, 0.15) is 58.3 Å². The van der Waals surface area contributed by atoms with Crippen LogP contribution in [-0.4, -0.2) is 54.9 Å². The van der Waals surface area contributed by atoms with E-state index in [9.17, 15) is 4.79 Å². The maximum Gasteiger partial charge on any atom is 0.137 e. The SMILES string of the molecule is CCCCCCN1CCN(CCC(=O)C2CCC2)CC1.Cl.Cl. The molecule has 1 saturated heterocycles. The standard InChI is InChI=1S/C17H32N2O.2ClH/c1-2-3-4-5-10-18-12-14-19(15-13-18)11-9-17(20)16-7-6-8-16;;/h16H,2-15H2,1H3;2*1H. The zero-order valence-electron chi connectivity index (χ0n) is 14.1. The monoisotopic (exact) mass is 352 g/mol. The number of hydrogen-bond donors (Lipinski definition) is 0. The summed E-state index contributed by atoms with van der Waals surface area (Å²) in [5, 5.41) is 0. The molecule has 0 N–H and O–H groups in total. The van der Waals surface area contributed by atoms with Gasteiger partial charge in [-0.05, 0) is 25.8 Å². The largest absolute Gasteiger partial charge is 0.301 e. The van der Waals surface area contributed by atoms with Gasteiger partial charge in [0.05, 0.1) is 0 Å². The number of ketones is 1. The van der Waals surface area contributed by atoms with E-state index in [-0.39, 0.29) is 24.8 Å². The lowest BCUT2D eigenvalue weighted by molar-refractivity contribution is -0.125. The highest BCUT2D eigenvalue weighted by Crippen LogP contribution is 2.28. The highest BCUT2D eigenvalue weighted by molar-refractivity contribution is 5.85. The van der Waals surface area contributed by atoms with E-state index in [2.05, 4.69) is 16.7 Å². The number of halogens is 2. The molecule has 0 aromatic heterocycles. The fraction of sp³-hybridized carbons (Fsp3) is 0.941. The Bertz CT molecular complexity index is 290. The smallest absolute Gasteiger partial charge is 0.137 e. The molecule has 2 rings (SSSR count). The van der Waals surface area contributed by atoms with E-state index in [0.717, 1.165) is 38.9 Å². The van der Waals surface area contributed by atoms with E-state index >= 15 is 0 Å². The minimum Gasteiger partial charge on any atom is -0.301 e. The highest BCUT2D eigenvalue weighted by Gasteiger charge is 2.25. The molecule has 0 radical (unpaired) electrons. The molecule has 0 aromatic rings. The Labute approximate surface area is 149 Å². The molecule has 2 aliphatic rings. The second-order valence-electron chi connectivity index (χ2n) is 6.59. The Morgan fingerprint density at radius 1 is 0.909 bits per heavy atom. The van der Waals surface area contributed by atoms with E-state index in [4.69, 9.17) is 0 Å². The number of piperazine rings is 1. The Balaban J connectivity index is 0.00000220. The molecule has 1 aliphatic heterocycles. The molecule has 22 heavy (non-hydrogen) atoms. The minimum atomic E-state index is 0. The normalized spacial score (nSPS) is 19.9. The summed E-state index contributed by atoms with van der Waals surface area (Å²) in [6.07, 6.45) is 9.82. The van der Waals surface area contributed by atoms with Gasteiger partial charge in [-0.15, -0.1) is 24.8 Å². The molecule has 0 unspecified atom stereocenters. The van der Waals surface area contributed by atoms with Gasteiger partial charge in [-0.25, -0.2) is 0 Å². The van der Waals surface area contributed by atoms with Crippen LogP contribution in [0, 0.1) is 5.92 Å². The fourth-order valence-corrected chi connectivity index (χ4v) is 3.20. The van der Waals surface area contributed by atoms with Crippen LogP contribution in [0.5, 0.6) is 0 Å². The summed E-state index contributed by atoms with van der Waals surface area (Å²) in [5.74, 6) is 0.952. The van der Waals surface area contributed by atoms with E-state index in [1.165, 1.54) is 51.7 Å². The molecule has 0 atom stereocenters. The van der Waals surface area contributed by atoms with Crippen molar-refractivity contribution in [2.45, 2.75) is 58.3 Å². The zero-order valence-corrected chi connectivity index (χ0v) is 15.7. The third-order valence-corrected chi connectivity index (χ3v) is 5.03. The van der Waals surface area contributed by atoms with Gasteiger partial charge >= 0.3 is 0 Å². The second-order valence-corrected chi connectivity index (χ2v) is 6.59. The maximum absolute atomic E-state index is 11.9. The molecule has 0 spiro atoms. The molecule has 0 aromatic carbocycles. The van der Waals surface area contributed by atoms with Crippen LogP contribution < -0.4 is 0 Å². The van der Waals surface area contributed by atoms with Crippen molar-refractivity contribution in [2.24, 2.45) is 5.92 Å². The summed E-state index contributed by atoms with van der Waals surface area (Å²) >= 11 is 0. The molecular formula is C17H34Cl2N2O. The molecular weight excluding hydrogens is 319 g/mol. The van der Waals surface area contributed by atoms with Crippen molar-refractivity contribution in [3.8, 4) is 0 Å². The van der Waals surface area contributed by atoms with Crippen LogP contribution in [-0.2, 0) is 4.79 Å². The van der Waals surface area contributed by atoms with Gasteiger partial charge < -0.3 is 9.80 Å². The van der Waals surface area contributed by atoms with Gasteiger partial charge in [0.15, 0.2) is 0 Å². The molecule has 1 heterocycles. The van der Waals surface area contributed by atoms with Gasteiger partial charge in [0.2, 0.25) is 0 Å². The fourth-order valence-electron chi connectivity index (χ4n) is 3.20. The van der Waals surface area contributed by atoms with Crippen LogP contribution in [0.15, 0.2) is 0 Å². The summed E-state index contributed by atoms with van der Waals surface area (Å²) in [4.78, 5) is 17.0. The lowest BCUT2D eigenvalue weighted by atomic mass is 9.81. The summed E-state index contributed by atoms with van der Waals surface area (Å²) in [5.41, 5.74) is 0. The van der Waals surface area contributed by atoms with Gasteiger partial charge in [-0.2, -0.15) is 0 Å². The lowest BCUT2D eigenvalue weighted by Gasteiger charge is -2.35. The number of carbonyl (C=O) groups excluding carboxylic acids is 1. The second kappa shape index (κ2) is 12.6. The van der Waals surface area contributed by atoms with Crippen molar-refractivity contribution in [3.63, 3.8) is 0 Å². The van der Waals surface area contributed by atoms with Crippen molar-refractivity contribution >= 4 is 30.6 Å². The first-order valence-corrected chi connectivity index (χ1v) is 8.77. The van der Waals surface area contributed by atoms with Crippen LogP contribution in [0.25, 0.3) is 0 Å². The van der Waals surface area contributed by atoms with Crippen LogP contribution in [0.3, 0.4) is 0 Å². The predicted octanol–water partition coefficient (Wildman–Crippen LogP) is 3.79. The lowest BCUT2D eigenvalue weighted by Crippen LogP contribution is -2.47. The third kappa shape index (κ3) is 7.63. The van der Waals surface area contributed by atoms with Crippen molar-refractivity contribution in [3.05, 3.63) is 0 Å². The molecule has 1 saturated carbocycles. The third-order valence-electron chi connectivity index (χ3n) is 5.03. The molecule has 5 heteroatoms. The van der Waals surface area contributed by atoms with Crippen molar-refractivity contribution in [1.29, 1.82) is 0 Å². The van der Waals surface area contributed by atoms with Gasteiger partial charge in [0, 0.05) is 45.1 Å². The summed E-state index contributed by atoms with van der Waals surface area (Å²) in [7, 11) is 0. The topological polar surface area (TPSA) is 23.6 Å².